The van der Waals surface area contributed by atoms with E-state index in [-0.39, 0.29) is 12.2 Å². The molecule has 0 saturated carbocycles. The number of hydrogen-bond donors (Lipinski definition) is 2. The number of hydrogen-bond acceptors (Lipinski definition) is 3. The second-order valence-corrected chi connectivity index (χ2v) is 5.42. The predicted molar refractivity (Wildman–Crippen MR) is 82.1 cm³/mol. The summed E-state index contributed by atoms with van der Waals surface area (Å²) in [5, 5.41) is 12.1. The Morgan fingerprint density at radius 1 is 1.32 bits per heavy atom. The summed E-state index contributed by atoms with van der Waals surface area (Å²) in [4.78, 5) is 23.4. The molecule has 22 heavy (non-hydrogen) atoms. The molecule has 0 bridgehead atoms. The summed E-state index contributed by atoms with van der Waals surface area (Å²) in [6.07, 6.45) is -0.270. The molecule has 0 aliphatic carbocycles. The molecule has 0 saturated heterocycles. The second kappa shape index (κ2) is 6.66. The van der Waals surface area contributed by atoms with Gasteiger partial charge in [0.15, 0.2) is 5.76 Å². The number of halogens is 1. The second-order valence-electron chi connectivity index (χ2n) is 5.01. The first-order valence-corrected chi connectivity index (χ1v) is 7.10. The van der Waals surface area contributed by atoms with Gasteiger partial charge in [0.2, 0.25) is 0 Å². The van der Waals surface area contributed by atoms with Crippen molar-refractivity contribution in [2.75, 3.05) is 0 Å². The average molecular weight is 322 g/mol. The van der Waals surface area contributed by atoms with E-state index in [1.807, 2.05) is 0 Å². The zero-order chi connectivity index (χ0) is 16.3. The van der Waals surface area contributed by atoms with Gasteiger partial charge in [0, 0.05) is 10.6 Å². The number of rotatable bonds is 5. The van der Waals surface area contributed by atoms with Crippen LogP contribution in [0.1, 0.15) is 39.9 Å². The Morgan fingerprint density at radius 3 is 2.55 bits per heavy atom. The van der Waals surface area contributed by atoms with Gasteiger partial charge in [-0.1, -0.05) is 29.8 Å². The van der Waals surface area contributed by atoms with Crippen molar-refractivity contribution in [3.05, 3.63) is 58.0 Å². The number of carboxylic acids is 1. The number of carboxylic acid groups (broad SMARTS) is 1. The highest BCUT2D eigenvalue weighted by Crippen LogP contribution is 2.26. The van der Waals surface area contributed by atoms with Crippen molar-refractivity contribution in [3.63, 3.8) is 0 Å². The third-order valence-corrected chi connectivity index (χ3v) is 3.56. The molecule has 2 N–H and O–H groups in total. The summed E-state index contributed by atoms with van der Waals surface area (Å²) in [5.41, 5.74) is 1.25. The first-order chi connectivity index (χ1) is 10.4. The van der Waals surface area contributed by atoms with Gasteiger partial charge in [0.1, 0.15) is 5.76 Å². The molecule has 1 heterocycles. The van der Waals surface area contributed by atoms with Gasteiger partial charge in [-0.05, 0) is 31.5 Å². The molecule has 1 unspecified atom stereocenters. The Kier molecular flexibility index (Phi) is 4.88. The fourth-order valence-electron chi connectivity index (χ4n) is 2.26. The van der Waals surface area contributed by atoms with Crippen LogP contribution in [0.5, 0.6) is 0 Å². The lowest BCUT2D eigenvalue weighted by Gasteiger charge is -2.18. The Balaban J connectivity index is 2.27. The van der Waals surface area contributed by atoms with Crippen LogP contribution in [0, 0.1) is 13.8 Å². The van der Waals surface area contributed by atoms with Gasteiger partial charge in [-0.3, -0.25) is 9.59 Å². The minimum atomic E-state index is -1.03. The van der Waals surface area contributed by atoms with Crippen LogP contribution in [0.2, 0.25) is 5.02 Å². The summed E-state index contributed by atoms with van der Waals surface area (Å²) in [7, 11) is 0. The molecule has 0 spiro atoms. The molecule has 0 aliphatic rings. The number of aryl methyl sites for hydroxylation is 2. The molecule has 0 fully saturated rings. The van der Waals surface area contributed by atoms with E-state index in [2.05, 4.69) is 5.32 Å². The molecule has 116 valence electrons. The van der Waals surface area contributed by atoms with Crippen LogP contribution in [0.15, 0.2) is 34.7 Å². The van der Waals surface area contributed by atoms with Crippen LogP contribution in [0.4, 0.5) is 0 Å². The maximum Gasteiger partial charge on any atom is 0.305 e. The van der Waals surface area contributed by atoms with E-state index in [1.54, 1.807) is 44.2 Å². The van der Waals surface area contributed by atoms with Crippen molar-refractivity contribution < 1.29 is 19.1 Å². The van der Waals surface area contributed by atoms with E-state index in [9.17, 15) is 9.59 Å². The highest BCUT2D eigenvalue weighted by atomic mass is 35.5. The molecule has 2 aromatic rings. The van der Waals surface area contributed by atoms with Gasteiger partial charge >= 0.3 is 5.97 Å². The number of amides is 1. The molecular formula is C16H16ClNO4. The fraction of sp³-hybridized carbons (Fsp3) is 0.250. The van der Waals surface area contributed by atoms with Crippen LogP contribution < -0.4 is 5.32 Å². The average Bonchev–Trinajstić information content (AvgIpc) is 2.77. The fourth-order valence-corrected chi connectivity index (χ4v) is 2.53. The summed E-state index contributed by atoms with van der Waals surface area (Å²) in [6.45, 7) is 3.50. The quantitative estimate of drug-likeness (QED) is 0.883. The summed E-state index contributed by atoms with van der Waals surface area (Å²) in [5.74, 6) is -0.690. The molecule has 1 atom stereocenters. The van der Waals surface area contributed by atoms with Crippen molar-refractivity contribution in [1.29, 1.82) is 0 Å². The van der Waals surface area contributed by atoms with Gasteiger partial charge in [-0.15, -0.1) is 0 Å². The summed E-state index contributed by atoms with van der Waals surface area (Å²) < 4.78 is 5.36. The first kappa shape index (κ1) is 16.1. The van der Waals surface area contributed by atoms with Crippen LogP contribution in [0.25, 0.3) is 0 Å². The highest BCUT2D eigenvalue weighted by molar-refractivity contribution is 6.31. The predicted octanol–water partition coefficient (Wildman–Crippen LogP) is 3.50. The van der Waals surface area contributed by atoms with Gasteiger partial charge in [0.05, 0.1) is 12.5 Å². The molecule has 6 heteroatoms. The maximum absolute atomic E-state index is 12.3. The van der Waals surface area contributed by atoms with Crippen molar-refractivity contribution in [3.8, 4) is 0 Å². The van der Waals surface area contributed by atoms with E-state index in [0.29, 0.717) is 21.9 Å². The van der Waals surface area contributed by atoms with Crippen molar-refractivity contribution >= 4 is 23.5 Å². The number of furan rings is 1. The first-order valence-electron chi connectivity index (χ1n) is 6.72. The molecule has 0 radical (unpaired) electrons. The van der Waals surface area contributed by atoms with E-state index in [1.165, 1.54) is 0 Å². The van der Waals surface area contributed by atoms with Gasteiger partial charge < -0.3 is 14.8 Å². The summed E-state index contributed by atoms with van der Waals surface area (Å²) >= 11 is 6.10. The topological polar surface area (TPSA) is 79.5 Å². The number of aliphatic carboxylic acids is 1. The third kappa shape index (κ3) is 3.68. The van der Waals surface area contributed by atoms with E-state index in [0.717, 1.165) is 0 Å². The third-order valence-electron chi connectivity index (χ3n) is 3.21. The molecule has 5 nitrogen and oxygen atoms in total. The van der Waals surface area contributed by atoms with Crippen LogP contribution >= 0.6 is 11.6 Å². The molecule has 1 aromatic carbocycles. The smallest absolute Gasteiger partial charge is 0.305 e. The standard InChI is InChI=1S/C16H16ClNO4/c1-9-7-10(2)22-15(9)16(21)18-13(8-14(19)20)11-5-3-4-6-12(11)17/h3-7,13H,8H2,1-2H3,(H,18,21)(H,19,20). The molecular weight excluding hydrogens is 306 g/mol. The SMILES string of the molecule is Cc1cc(C)c(C(=O)NC(CC(=O)O)c2ccccc2Cl)o1. The monoisotopic (exact) mass is 321 g/mol. The zero-order valence-corrected chi connectivity index (χ0v) is 13.0. The molecule has 1 aromatic heterocycles. The summed E-state index contributed by atoms with van der Waals surface area (Å²) in [6, 6.07) is 7.84. The van der Waals surface area contributed by atoms with Gasteiger partial charge in [-0.2, -0.15) is 0 Å². The van der Waals surface area contributed by atoms with Crippen molar-refractivity contribution in [1.82, 2.24) is 5.32 Å². The number of benzene rings is 1. The maximum atomic E-state index is 12.3. The lowest BCUT2D eigenvalue weighted by molar-refractivity contribution is -0.137. The van der Waals surface area contributed by atoms with Crippen LogP contribution in [0.3, 0.4) is 0 Å². The lowest BCUT2D eigenvalue weighted by atomic mass is 10.0. The van der Waals surface area contributed by atoms with E-state index < -0.39 is 17.9 Å². The zero-order valence-electron chi connectivity index (χ0n) is 12.2. The normalized spacial score (nSPS) is 12.0. The van der Waals surface area contributed by atoms with Crippen LogP contribution in [-0.2, 0) is 4.79 Å². The molecule has 0 aliphatic heterocycles. The minimum absolute atomic E-state index is 0.181. The largest absolute Gasteiger partial charge is 0.481 e. The Hall–Kier alpha value is -2.27. The minimum Gasteiger partial charge on any atom is -0.481 e. The number of carbonyl (C=O) groups excluding carboxylic acids is 1. The van der Waals surface area contributed by atoms with Gasteiger partial charge in [-0.25, -0.2) is 0 Å². The highest BCUT2D eigenvalue weighted by Gasteiger charge is 2.23. The lowest BCUT2D eigenvalue weighted by Crippen LogP contribution is -2.30. The molecule has 1 amide bonds. The van der Waals surface area contributed by atoms with Crippen molar-refractivity contribution in [2.45, 2.75) is 26.3 Å². The van der Waals surface area contributed by atoms with Gasteiger partial charge in [0.25, 0.3) is 5.91 Å². The number of carbonyl (C=O) groups is 2. The van der Waals surface area contributed by atoms with Crippen molar-refractivity contribution in [2.24, 2.45) is 0 Å². The Bertz CT molecular complexity index is 708. The molecule has 2 rings (SSSR count). The Morgan fingerprint density at radius 2 is 2.00 bits per heavy atom. The van der Waals surface area contributed by atoms with E-state index >= 15 is 0 Å². The Labute approximate surface area is 132 Å². The number of nitrogens with one attached hydrogen (secondary N) is 1. The van der Waals surface area contributed by atoms with E-state index in [4.69, 9.17) is 21.1 Å². The van der Waals surface area contributed by atoms with Crippen LogP contribution in [-0.4, -0.2) is 17.0 Å².